The molecular weight excluding hydrogens is 309 g/mol. The topological polar surface area (TPSA) is 12.0 Å². The first-order chi connectivity index (χ1) is 9.65. The SMILES string of the molecule is CC(Nc1cccc(Cl)c1Cl)c1cc2c(s1)CCCC2. The van der Waals surface area contributed by atoms with Gasteiger partial charge in [-0.1, -0.05) is 29.3 Å². The van der Waals surface area contributed by atoms with Crippen molar-refractivity contribution in [3.8, 4) is 0 Å². The van der Waals surface area contributed by atoms with E-state index in [4.69, 9.17) is 23.2 Å². The highest BCUT2D eigenvalue weighted by Gasteiger charge is 2.17. The molecule has 1 atom stereocenters. The van der Waals surface area contributed by atoms with E-state index in [0.717, 1.165) is 5.69 Å². The number of benzene rings is 1. The Bertz CT molecular complexity index is 597. The summed E-state index contributed by atoms with van der Waals surface area (Å²) in [5.74, 6) is 0. The predicted molar refractivity (Wildman–Crippen MR) is 89.5 cm³/mol. The Morgan fingerprint density at radius 1 is 1.20 bits per heavy atom. The monoisotopic (exact) mass is 325 g/mol. The van der Waals surface area contributed by atoms with Crippen LogP contribution in [0.1, 0.15) is 41.1 Å². The molecular formula is C16H17Cl2NS. The van der Waals surface area contributed by atoms with E-state index in [1.165, 1.54) is 30.6 Å². The molecule has 2 aromatic rings. The summed E-state index contributed by atoms with van der Waals surface area (Å²) < 4.78 is 0. The molecule has 4 heteroatoms. The molecule has 0 fully saturated rings. The van der Waals surface area contributed by atoms with Gasteiger partial charge in [-0.25, -0.2) is 0 Å². The van der Waals surface area contributed by atoms with E-state index in [9.17, 15) is 0 Å². The molecule has 0 aliphatic heterocycles. The minimum Gasteiger partial charge on any atom is -0.376 e. The Balaban J connectivity index is 1.80. The van der Waals surface area contributed by atoms with Crippen LogP contribution in [0.4, 0.5) is 5.69 Å². The smallest absolute Gasteiger partial charge is 0.0823 e. The van der Waals surface area contributed by atoms with Crippen molar-refractivity contribution in [2.24, 2.45) is 0 Å². The standard InChI is InChI=1S/C16H17Cl2NS/c1-10(19-13-7-4-6-12(17)16(13)18)15-9-11-5-2-3-8-14(11)20-15/h4,6-7,9-10,19H,2-3,5,8H2,1H3. The van der Waals surface area contributed by atoms with E-state index in [1.54, 1.807) is 10.4 Å². The highest BCUT2D eigenvalue weighted by Crippen LogP contribution is 2.36. The van der Waals surface area contributed by atoms with Crippen molar-refractivity contribution in [3.05, 3.63) is 49.6 Å². The number of aryl methyl sites for hydroxylation is 2. The second kappa shape index (κ2) is 5.97. The first kappa shape index (κ1) is 14.2. The summed E-state index contributed by atoms with van der Waals surface area (Å²) in [6.07, 6.45) is 5.13. The van der Waals surface area contributed by atoms with E-state index in [2.05, 4.69) is 18.3 Å². The van der Waals surface area contributed by atoms with Gasteiger partial charge in [0.25, 0.3) is 0 Å². The molecule has 20 heavy (non-hydrogen) atoms. The van der Waals surface area contributed by atoms with Crippen LogP contribution in [-0.2, 0) is 12.8 Å². The summed E-state index contributed by atoms with van der Waals surface area (Å²) in [4.78, 5) is 2.95. The second-order valence-electron chi connectivity index (χ2n) is 5.27. The molecule has 1 heterocycles. The first-order valence-electron chi connectivity index (χ1n) is 6.97. The quantitative estimate of drug-likeness (QED) is 0.718. The van der Waals surface area contributed by atoms with Crippen molar-refractivity contribution in [2.75, 3.05) is 5.32 Å². The number of nitrogens with one attached hydrogen (secondary N) is 1. The zero-order valence-corrected chi connectivity index (χ0v) is 13.7. The van der Waals surface area contributed by atoms with Gasteiger partial charge in [0.05, 0.1) is 21.8 Å². The number of hydrogen-bond acceptors (Lipinski definition) is 2. The maximum absolute atomic E-state index is 6.23. The van der Waals surface area contributed by atoms with E-state index in [-0.39, 0.29) is 6.04 Å². The third kappa shape index (κ3) is 2.83. The minimum absolute atomic E-state index is 0.251. The zero-order chi connectivity index (χ0) is 14.1. The number of rotatable bonds is 3. The summed E-state index contributed by atoms with van der Waals surface area (Å²) in [5, 5.41) is 4.66. The molecule has 0 radical (unpaired) electrons. The lowest BCUT2D eigenvalue weighted by molar-refractivity contribution is 0.696. The average Bonchev–Trinajstić information content (AvgIpc) is 2.88. The second-order valence-corrected chi connectivity index (χ2v) is 7.23. The molecule has 1 unspecified atom stereocenters. The van der Waals surface area contributed by atoms with Crippen molar-refractivity contribution in [3.63, 3.8) is 0 Å². The third-order valence-corrected chi connectivity index (χ3v) is 6.00. The summed E-state index contributed by atoms with van der Waals surface area (Å²) in [5.41, 5.74) is 2.44. The van der Waals surface area contributed by atoms with Crippen molar-refractivity contribution < 1.29 is 0 Å². The van der Waals surface area contributed by atoms with Gasteiger partial charge in [0.2, 0.25) is 0 Å². The number of halogens is 2. The Morgan fingerprint density at radius 2 is 2.00 bits per heavy atom. The third-order valence-electron chi connectivity index (χ3n) is 3.77. The van der Waals surface area contributed by atoms with Crippen molar-refractivity contribution >= 4 is 40.2 Å². The van der Waals surface area contributed by atoms with Crippen LogP contribution in [0, 0.1) is 0 Å². The van der Waals surface area contributed by atoms with E-state index < -0.39 is 0 Å². The highest BCUT2D eigenvalue weighted by molar-refractivity contribution is 7.12. The van der Waals surface area contributed by atoms with Gasteiger partial charge in [-0.3, -0.25) is 0 Å². The lowest BCUT2D eigenvalue weighted by Crippen LogP contribution is -2.05. The number of thiophene rings is 1. The molecule has 1 aliphatic rings. The molecule has 0 spiro atoms. The molecule has 0 saturated heterocycles. The molecule has 1 nitrogen and oxygen atoms in total. The molecule has 1 aromatic carbocycles. The van der Waals surface area contributed by atoms with Crippen LogP contribution >= 0.6 is 34.5 Å². The van der Waals surface area contributed by atoms with Gasteiger partial charge in [0.15, 0.2) is 0 Å². The van der Waals surface area contributed by atoms with Crippen LogP contribution in [0.2, 0.25) is 10.0 Å². The van der Waals surface area contributed by atoms with Crippen molar-refractivity contribution in [1.82, 2.24) is 0 Å². The average molecular weight is 326 g/mol. The van der Waals surface area contributed by atoms with Gasteiger partial charge in [-0.05, 0) is 56.4 Å². The van der Waals surface area contributed by atoms with Crippen LogP contribution in [-0.4, -0.2) is 0 Å². The molecule has 0 amide bonds. The molecule has 106 valence electrons. The number of hydrogen-bond donors (Lipinski definition) is 1. The molecule has 0 saturated carbocycles. The summed E-state index contributed by atoms with van der Waals surface area (Å²) in [6.45, 7) is 2.18. The molecule has 1 aromatic heterocycles. The molecule has 0 bridgehead atoms. The summed E-state index contributed by atoms with van der Waals surface area (Å²) in [7, 11) is 0. The van der Waals surface area contributed by atoms with Gasteiger partial charge in [-0.2, -0.15) is 0 Å². The fourth-order valence-corrected chi connectivity index (χ4v) is 4.26. The van der Waals surface area contributed by atoms with Crippen LogP contribution in [0.3, 0.4) is 0 Å². The Hall–Kier alpha value is -0.700. The van der Waals surface area contributed by atoms with Crippen LogP contribution in [0.25, 0.3) is 0 Å². The Morgan fingerprint density at radius 3 is 2.80 bits per heavy atom. The van der Waals surface area contributed by atoms with Crippen LogP contribution in [0.5, 0.6) is 0 Å². The van der Waals surface area contributed by atoms with Crippen LogP contribution in [0.15, 0.2) is 24.3 Å². The summed E-state index contributed by atoms with van der Waals surface area (Å²) in [6, 6.07) is 8.31. The Kier molecular flexibility index (Phi) is 4.25. The zero-order valence-electron chi connectivity index (χ0n) is 11.4. The van der Waals surface area contributed by atoms with Gasteiger partial charge < -0.3 is 5.32 Å². The predicted octanol–water partition coefficient (Wildman–Crippen LogP) is 6.11. The fourth-order valence-electron chi connectivity index (χ4n) is 2.65. The lowest BCUT2D eigenvalue weighted by Gasteiger charge is -2.15. The lowest BCUT2D eigenvalue weighted by atomic mass is 9.99. The van der Waals surface area contributed by atoms with Crippen molar-refractivity contribution in [1.29, 1.82) is 0 Å². The molecule has 3 rings (SSSR count). The first-order valence-corrected chi connectivity index (χ1v) is 8.54. The largest absolute Gasteiger partial charge is 0.376 e. The number of fused-ring (bicyclic) bond motifs is 1. The highest BCUT2D eigenvalue weighted by atomic mass is 35.5. The Labute approximate surface area is 133 Å². The normalized spacial score (nSPS) is 15.8. The molecule has 1 aliphatic carbocycles. The maximum atomic E-state index is 6.23. The minimum atomic E-state index is 0.251. The van der Waals surface area contributed by atoms with Crippen molar-refractivity contribution in [2.45, 2.75) is 38.6 Å². The molecule has 1 N–H and O–H groups in total. The van der Waals surface area contributed by atoms with Gasteiger partial charge in [-0.15, -0.1) is 11.3 Å². The summed E-state index contributed by atoms with van der Waals surface area (Å²) >= 11 is 14.2. The van der Waals surface area contributed by atoms with Gasteiger partial charge >= 0.3 is 0 Å². The van der Waals surface area contributed by atoms with E-state index >= 15 is 0 Å². The van der Waals surface area contributed by atoms with Crippen LogP contribution < -0.4 is 5.32 Å². The number of anilines is 1. The van der Waals surface area contributed by atoms with E-state index in [0.29, 0.717) is 10.0 Å². The van der Waals surface area contributed by atoms with Gasteiger partial charge in [0.1, 0.15) is 0 Å². The maximum Gasteiger partial charge on any atom is 0.0823 e. The fraction of sp³-hybridized carbons (Fsp3) is 0.375. The van der Waals surface area contributed by atoms with E-state index in [1.807, 2.05) is 29.5 Å². The van der Waals surface area contributed by atoms with Gasteiger partial charge in [0, 0.05) is 9.75 Å².